The Bertz CT molecular complexity index is 1100. The van der Waals surface area contributed by atoms with Gasteiger partial charge in [-0.2, -0.15) is 0 Å². The van der Waals surface area contributed by atoms with E-state index in [-0.39, 0.29) is 11.7 Å². The number of halogens is 1. The molecule has 1 N–H and O–H groups in total. The minimum atomic E-state index is -0.321. The topological polar surface area (TPSA) is 55.1 Å². The van der Waals surface area contributed by atoms with Gasteiger partial charge >= 0.3 is 0 Å². The number of aromatic nitrogens is 1. The van der Waals surface area contributed by atoms with E-state index >= 15 is 0 Å². The van der Waals surface area contributed by atoms with E-state index in [4.69, 9.17) is 4.52 Å². The molecular weight excluding hydrogens is 343 g/mol. The van der Waals surface area contributed by atoms with Crippen LogP contribution in [0.3, 0.4) is 0 Å². The largest absolute Gasteiger partial charge is 0.355 e. The molecule has 4 nitrogen and oxygen atoms in total. The van der Waals surface area contributed by atoms with E-state index in [9.17, 15) is 9.18 Å². The normalized spacial score (nSPS) is 10.9. The summed E-state index contributed by atoms with van der Waals surface area (Å²) in [5.74, 6) is 0.0145. The van der Waals surface area contributed by atoms with Crippen LogP contribution in [0.15, 0.2) is 71.3 Å². The van der Waals surface area contributed by atoms with Crippen LogP contribution in [0.25, 0.3) is 22.2 Å². The highest BCUT2D eigenvalue weighted by Crippen LogP contribution is 2.29. The molecule has 27 heavy (non-hydrogen) atoms. The van der Waals surface area contributed by atoms with Crippen LogP contribution in [0.5, 0.6) is 0 Å². The van der Waals surface area contributed by atoms with Gasteiger partial charge < -0.3 is 9.84 Å². The Hall–Kier alpha value is -3.47. The van der Waals surface area contributed by atoms with Gasteiger partial charge in [-0.25, -0.2) is 4.39 Å². The zero-order chi connectivity index (χ0) is 18.8. The lowest BCUT2D eigenvalue weighted by Gasteiger charge is -2.06. The molecular formula is C22H17FN2O2. The van der Waals surface area contributed by atoms with Crippen LogP contribution >= 0.6 is 0 Å². The van der Waals surface area contributed by atoms with Crippen molar-refractivity contribution in [1.82, 2.24) is 10.5 Å². The summed E-state index contributed by atoms with van der Waals surface area (Å²) < 4.78 is 18.6. The maximum absolute atomic E-state index is 13.2. The van der Waals surface area contributed by atoms with E-state index in [0.717, 1.165) is 5.56 Å². The summed E-state index contributed by atoms with van der Waals surface area (Å²) in [5.41, 5.74) is 4.07. The van der Waals surface area contributed by atoms with Crippen molar-refractivity contribution in [3.63, 3.8) is 0 Å². The monoisotopic (exact) mass is 360 g/mol. The highest BCUT2D eigenvalue weighted by atomic mass is 19.1. The van der Waals surface area contributed by atoms with Gasteiger partial charge in [-0.05, 0) is 55.0 Å². The van der Waals surface area contributed by atoms with Crippen molar-refractivity contribution in [3.05, 3.63) is 89.2 Å². The third-order valence-corrected chi connectivity index (χ3v) is 4.42. The molecule has 0 spiro atoms. The molecule has 0 fully saturated rings. The van der Waals surface area contributed by atoms with E-state index in [2.05, 4.69) is 10.5 Å². The minimum Gasteiger partial charge on any atom is -0.355 e. The Balaban J connectivity index is 1.58. The van der Waals surface area contributed by atoms with E-state index in [1.807, 2.05) is 31.2 Å². The van der Waals surface area contributed by atoms with E-state index in [1.54, 1.807) is 30.3 Å². The average Bonchev–Trinajstić information content (AvgIpc) is 3.11. The lowest BCUT2D eigenvalue weighted by atomic mass is 10.1. The van der Waals surface area contributed by atoms with Crippen molar-refractivity contribution in [3.8, 4) is 11.3 Å². The van der Waals surface area contributed by atoms with Gasteiger partial charge in [0.1, 0.15) is 11.3 Å². The average molecular weight is 360 g/mol. The molecule has 4 aromatic rings. The summed E-state index contributed by atoms with van der Waals surface area (Å²) in [5, 5.41) is 7.65. The molecule has 0 bridgehead atoms. The quantitative estimate of drug-likeness (QED) is 0.565. The Morgan fingerprint density at radius 1 is 1.04 bits per heavy atom. The number of nitrogens with zero attached hydrogens (tertiary/aromatic N) is 1. The zero-order valence-electron chi connectivity index (χ0n) is 14.7. The zero-order valence-corrected chi connectivity index (χ0v) is 14.7. The van der Waals surface area contributed by atoms with Gasteiger partial charge in [-0.3, -0.25) is 4.79 Å². The van der Waals surface area contributed by atoms with Crippen molar-refractivity contribution >= 4 is 16.8 Å². The van der Waals surface area contributed by atoms with Crippen LogP contribution in [0.1, 0.15) is 21.5 Å². The van der Waals surface area contributed by atoms with Gasteiger partial charge in [0.25, 0.3) is 5.91 Å². The maximum atomic E-state index is 13.2. The number of rotatable bonds is 4. The number of fused-ring (bicyclic) bond motifs is 1. The fraction of sp³-hybridized carbons (Fsp3) is 0.0909. The molecule has 4 rings (SSSR count). The molecule has 1 amide bonds. The number of carbonyl (C=O) groups excluding carboxylic acids is 1. The molecule has 5 heteroatoms. The lowest BCUT2D eigenvalue weighted by Crippen LogP contribution is -2.22. The molecule has 0 aliphatic heterocycles. The Morgan fingerprint density at radius 2 is 1.78 bits per heavy atom. The number of carbonyl (C=O) groups is 1. The number of nitrogens with one attached hydrogen (secondary N) is 1. The first-order valence-corrected chi connectivity index (χ1v) is 8.59. The second-order valence-corrected chi connectivity index (χ2v) is 6.42. The predicted octanol–water partition coefficient (Wildman–Crippen LogP) is 4.87. The number of hydrogen-bond acceptors (Lipinski definition) is 3. The summed E-state index contributed by atoms with van der Waals surface area (Å²) in [6, 6.07) is 19.2. The third-order valence-electron chi connectivity index (χ3n) is 4.42. The van der Waals surface area contributed by atoms with Gasteiger partial charge in [0, 0.05) is 17.7 Å². The second kappa shape index (κ2) is 7.03. The fourth-order valence-electron chi connectivity index (χ4n) is 2.88. The molecule has 0 radical (unpaired) electrons. The van der Waals surface area contributed by atoms with Crippen molar-refractivity contribution in [1.29, 1.82) is 0 Å². The van der Waals surface area contributed by atoms with Crippen LogP contribution in [-0.4, -0.2) is 11.1 Å². The van der Waals surface area contributed by atoms with Crippen LogP contribution < -0.4 is 5.32 Å². The van der Waals surface area contributed by atoms with Gasteiger partial charge in [0.15, 0.2) is 5.76 Å². The Labute approximate surface area is 155 Å². The molecule has 0 saturated carbocycles. The second-order valence-electron chi connectivity index (χ2n) is 6.42. The lowest BCUT2D eigenvalue weighted by molar-refractivity contribution is 0.0951. The molecule has 0 unspecified atom stereocenters. The SMILES string of the molecule is Cc1ccc(CNC(=O)c2ccc3noc(-c4ccc(F)cc4)c3c2)cc1. The highest BCUT2D eigenvalue weighted by molar-refractivity contribution is 6.00. The summed E-state index contributed by atoms with van der Waals surface area (Å²) in [4.78, 5) is 12.5. The molecule has 0 aliphatic rings. The number of hydrogen-bond donors (Lipinski definition) is 1. The number of amides is 1. The first-order chi connectivity index (χ1) is 13.1. The van der Waals surface area contributed by atoms with Crippen molar-refractivity contribution in [2.24, 2.45) is 0 Å². The van der Waals surface area contributed by atoms with Crippen molar-refractivity contribution in [2.45, 2.75) is 13.5 Å². The number of benzene rings is 3. The molecule has 0 saturated heterocycles. The molecule has 134 valence electrons. The minimum absolute atomic E-state index is 0.177. The standard InChI is InChI=1S/C22H17FN2O2/c1-14-2-4-15(5-3-14)13-24-22(26)17-8-11-20-19(12-17)21(27-25-20)16-6-9-18(23)10-7-16/h2-12H,13H2,1H3,(H,24,26). The van der Waals surface area contributed by atoms with Crippen molar-refractivity contribution in [2.75, 3.05) is 0 Å². The first kappa shape index (κ1) is 17.0. The van der Waals surface area contributed by atoms with Crippen molar-refractivity contribution < 1.29 is 13.7 Å². The van der Waals surface area contributed by atoms with E-state index in [0.29, 0.717) is 34.3 Å². The molecule has 1 aromatic heterocycles. The molecule has 3 aromatic carbocycles. The molecule has 0 aliphatic carbocycles. The maximum Gasteiger partial charge on any atom is 0.251 e. The van der Waals surface area contributed by atoms with Gasteiger partial charge in [0.05, 0.1) is 5.39 Å². The molecule has 1 heterocycles. The van der Waals surface area contributed by atoms with Gasteiger partial charge in [-0.15, -0.1) is 0 Å². The van der Waals surface area contributed by atoms with E-state index in [1.165, 1.54) is 17.7 Å². The summed E-state index contributed by atoms with van der Waals surface area (Å²) in [7, 11) is 0. The Morgan fingerprint density at radius 3 is 2.52 bits per heavy atom. The first-order valence-electron chi connectivity index (χ1n) is 8.59. The highest BCUT2D eigenvalue weighted by Gasteiger charge is 2.14. The van der Waals surface area contributed by atoms with Gasteiger partial charge in [-0.1, -0.05) is 35.0 Å². The summed E-state index contributed by atoms with van der Waals surface area (Å²) >= 11 is 0. The number of aryl methyl sites for hydroxylation is 1. The Kier molecular flexibility index (Phi) is 4.42. The predicted molar refractivity (Wildman–Crippen MR) is 102 cm³/mol. The summed E-state index contributed by atoms with van der Waals surface area (Å²) in [6.45, 7) is 2.47. The van der Waals surface area contributed by atoms with Crippen LogP contribution in [-0.2, 0) is 6.54 Å². The van der Waals surface area contributed by atoms with Crippen LogP contribution in [0.2, 0.25) is 0 Å². The molecule has 0 atom stereocenters. The van der Waals surface area contributed by atoms with Crippen LogP contribution in [0, 0.1) is 12.7 Å². The fourth-order valence-corrected chi connectivity index (χ4v) is 2.88. The summed E-state index contributed by atoms with van der Waals surface area (Å²) in [6.07, 6.45) is 0. The van der Waals surface area contributed by atoms with Gasteiger partial charge in [0.2, 0.25) is 0 Å². The smallest absolute Gasteiger partial charge is 0.251 e. The van der Waals surface area contributed by atoms with Crippen LogP contribution in [0.4, 0.5) is 4.39 Å². The third kappa shape index (κ3) is 3.58. The van der Waals surface area contributed by atoms with E-state index < -0.39 is 0 Å².